The van der Waals surface area contributed by atoms with Crippen molar-refractivity contribution in [2.45, 2.75) is 12.8 Å². The van der Waals surface area contributed by atoms with Crippen molar-refractivity contribution in [3.05, 3.63) is 64.1 Å². The molecule has 5 heteroatoms. The standard InChI is InChI=1S/C19H20Cl2N2O/c20-17-8-6-15(14-18(17)21)7-9-19(24)23-12-10-22(11-13-23)16-4-2-1-3-5-16/h1-6,8,14H,7,9-13H2. The van der Waals surface area contributed by atoms with E-state index in [1.807, 2.05) is 35.2 Å². The molecular weight excluding hydrogens is 343 g/mol. The maximum atomic E-state index is 12.4. The van der Waals surface area contributed by atoms with Gasteiger partial charge in [-0.05, 0) is 36.2 Å². The van der Waals surface area contributed by atoms with Crippen molar-refractivity contribution in [1.29, 1.82) is 0 Å². The zero-order valence-corrected chi connectivity index (χ0v) is 14.9. The van der Waals surface area contributed by atoms with Crippen molar-refractivity contribution in [3.63, 3.8) is 0 Å². The van der Waals surface area contributed by atoms with Gasteiger partial charge in [0, 0.05) is 38.3 Å². The van der Waals surface area contributed by atoms with E-state index in [0.717, 1.165) is 31.7 Å². The summed E-state index contributed by atoms with van der Waals surface area (Å²) >= 11 is 11.9. The van der Waals surface area contributed by atoms with Gasteiger partial charge in [0.25, 0.3) is 0 Å². The smallest absolute Gasteiger partial charge is 0.223 e. The van der Waals surface area contributed by atoms with Crippen LogP contribution in [0, 0.1) is 0 Å². The van der Waals surface area contributed by atoms with Crippen molar-refractivity contribution in [2.75, 3.05) is 31.1 Å². The van der Waals surface area contributed by atoms with Crippen LogP contribution in [0.15, 0.2) is 48.5 Å². The largest absolute Gasteiger partial charge is 0.368 e. The van der Waals surface area contributed by atoms with Crippen molar-refractivity contribution < 1.29 is 4.79 Å². The van der Waals surface area contributed by atoms with Gasteiger partial charge >= 0.3 is 0 Å². The third-order valence-electron chi connectivity index (χ3n) is 4.37. The molecule has 24 heavy (non-hydrogen) atoms. The lowest BCUT2D eigenvalue weighted by atomic mass is 10.1. The maximum Gasteiger partial charge on any atom is 0.223 e. The van der Waals surface area contributed by atoms with Crippen LogP contribution >= 0.6 is 23.2 Å². The molecular formula is C19H20Cl2N2O. The Hall–Kier alpha value is -1.71. The van der Waals surface area contributed by atoms with E-state index in [2.05, 4.69) is 17.0 Å². The fraction of sp³-hybridized carbons (Fsp3) is 0.316. The van der Waals surface area contributed by atoms with Crippen LogP contribution in [0.25, 0.3) is 0 Å². The number of nitrogens with zero attached hydrogens (tertiary/aromatic N) is 2. The fourth-order valence-electron chi connectivity index (χ4n) is 2.96. The van der Waals surface area contributed by atoms with Gasteiger partial charge in [-0.1, -0.05) is 47.5 Å². The number of aryl methyl sites for hydroxylation is 1. The molecule has 0 spiro atoms. The Morgan fingerprint density at radius 3 is 2.29 bits per heavy atom. The number of carbonyl (C=O) groups is 1. The van der Waals surface area contributed by atoms with E-state index < -0.39 is 0 Å². The van der Waals surface area contributed by atoms with Crippen LogP contribution in [0.5, 0.6) is 0 Å². The Bertz CT molecular complexity index is 698. The molecule has 0 aromatic heterocycles. The molecule has 0 unspecified atom stereocenters. The number of benzene rings is 2. The van der Waals surface area contributed by atoms with Gasteiger partial charge in [0.2, 0.25) is 5.91 Å². The Kier molecular flexibility index (Phi) is 5.64. The molecule has 0 bridgehead atoms. The third-order valence-corrected chi connectivity index (χ3v) is 5.10. The zero-order chi connectivity index (χ0) is 16.9. The average Bonchev–Trinajstić information content (AvgIpc) is 2.63. The highest BCUT2D eigenvalue weighted by atomic mass is 35.5. The monoisotopic (exact) mass is 362 g/mol. The minimum atomic E-state index is 0.203. The summed E-state index contributed by atoms with van der Waals surface area (Å²) < 4.78 is 0. The van der Waals surface area contributed by atoms with E-state index in [1.165, 1.54) is 5.69 Å². The number of amides is 1. The summed E-state index contributed by atoms with van der Waals surface area (Å²) in [5, 5.41) is 1.09. The third kappa shape index (κ3) is 4.22. The van der Waals surface area contributed by atoms with E-state index in [-0.39, 0.29) is 5.91 Å². The molecule has 0 radical (unpaired) electrons. The molecule has 0 saturated carbocycles. The Morgan fingerprint density at radius 1 is 0.917 bits per heavy atom. The number of hydrogen-bond donors (Lipinski definition) is 0. The van der Waals surface area contributed by atoms with E-state index in [0.29, 0.717) is 22.9 Å². The minimum Gasteiger partial charge on any atom is -0.368 e. The van der Waals surface area contributed by atoms with Crippen LogP contribution < -0.4 is 4.90 Å². The second-order valence-corrected chi connectivity index (χ2v) is 6.77. The van der Waals surface area contributed by atoms with E-state index in [4.69, 9.17) is 23.2 Å². The lowest BCUT2D eigenvalue weighted by molar-refractivity contribution is -0.131. The Morgan fingerprint density at radius 2 is 1.62 bits per heavy atom. The second kappa shape index (κ2) is 7.91. The first-order valence-electron chi connectivity index (χ1n) is 8.15. The molecule has 0 N–H and O–H groups in total. The van der Waals surface area contributed by atoms with Gasteiger partial charge in [0.1, 0.15) is 0 Å². The molecule has 1 fully saturated rings. The summed E-state index contributed by atoms with van der Waals surface area (Å²) in [6.45, 7) is 3.30. The van der Waals surface area contributed by atoms with Gasteiger partial charge in [-0.2, -0.15) is 0 Å². The summed E-state index contributed by atoms with van der Waals surface area (Å²) in [6, 6.07) is 15.9. The minimum absolute atomic E-state index is 0.203. The topological polar surface area (TPSA) is 23.6 Å². The van der Waals surface area contributed by atoms with Gasteiger partial charge in [0.15, 0.2) is 0 Å². The predicted molar refractivity (Wildman–Crippen MR) is 100 cm³/mol. The predicted octanol–water partition coefficient (Wildman–Crippen LogP) is 4.27. The average molecular weight is 363 g/mol. The van der Waals surface area contributed by atoms with Crippen LogP contribution in [0.3, 0.4) is 0 Å². The van der Waals surface area contributed by atoms with Crippen LogP contribution in [-0.2, 0) is 11.2 Å². The Labute approximate surface area is 152 Å². The normalized spacial score (nSPS) is 14.8. The van der Waals surface area contributed by atoms with Gasteiger partial charge in [-0.3, -0.25) is 4.79 Å². The number of piperazine rings is 1. The molecule has 2 aromatic carbocycles. The van der Waals surface area contributed by atoms with Crippen molar-refractivity contribution in [2.24, 2.45) is 0 Å². The highest BCUT2D eigenvalue weighted by Crippen LogP contribution is 2.23. The summed E-state index contributed by atoms with van der Waals surface area (Å²) in [5.41, 5.74) is 2.26. The summed E-state index contributed by atoms with van der Waals surface area (Å²) in [6.07, 6.45) is 1.19. The van der Waals surface area contributed by atoms with Gasteiger partial charge in [-0.25, -0.2) is 0 Å². The molecule has 1 amide bonds. The highest BCUT2D eigenvalue weighted by Gasteiger charge is 2.20. The van der Waals surface area contributed by atoms with E-state index in [1.54, 1.807) is 6.07 Å². The van der Waals surface area contributed by atoms with Crippen LogP contribution in [-0.4, -0.2) is 37.0 Å². The zero-order valence-electron chi connectivity index (χ0n) is 13.4. The SMILES string of the molecule is O=C(CCc1ccc(Cl)c(Cl)c1)N1CCN(c2ccccc2)CC1. The Balaban J connectivity index is 1.49. The van der Waals surface area contributed by atoms with Crippen LogP contribution in [0.2, 0.25) is 10.0 Å². The molecule has 0 aliphatic carbocycles. The lowest BCUT2D eigenvalue weighted by Crippen LogP contribution is -2.48. The number of anilines is 1. The number of carbonyl (C=O) groups excluding carboxylic acids is 1. The molecule has 126 valence electrons. The number of para-hydroxylation sites is 1. The highest BCUT2D eigenvalue weighted by molar-refractivity contribution is 6.42. The first-order valence-corrected chi connectivity index (χ1v) is 8.91. The maximum absolute atomic E-state index is 12.4. The summed E-state index contributed by atoms with van der Waals surface area (Å²) in [4.78, 5) is 16.7. The molecule has 0 atom stereocenters. The van der Waals surface area contributed by atoms with Crippen LogP contribution in [0.4, 0.5) is 5.69 Å². The molecule has 1 saturated heterocycles. The van der Waals surface area contributed by atoms with Gasteiger partial charge < -0.3 is 9.80 Å². The van der Waals surface area contributed by atoms with Crippen molar-refractivity contribution in [1.82, 2.24) is 4.90 Å². The first kappa shape index (κ1) is 17.1. The van der Waals surface area contributed by atoms with Crippen molar-refractivity contribution in [3.8, 4) is 0 Å². The second-order valence-electron chi connectivity index (χ2n) is 5.95. The van der Waals surface area contributed by atoms with Crippen LogP contribution in [0.1, 0.15) is 12.0 Å². The molecule has 1 aliphatic rings. The lowest BCUT2D eigenvalue weighted by Gasteiger charge is -2.36. The number of hydrogen-bond acceptors (Lipinski definition) is 2. The fourth-order valence-corrected chi connectivity index (χ4v) is 3.28. The quantitative estimate of drug-likeness (QED) is 0.810. The van der Waals surface area contributed by atoms with E-state index in [9.17, 15) is 4.79 Å². The molecule has 3 rings (SSSR count). The van der Waals surface area contributed by atoms with Gasteiger partial charge in [-0.15, -0.1) is 0 Å². The molecule has 1 heterocycles. The molecule has 3 nitrogen and oxygen atoms in total. The van der Waals surface area contributed by atoms with E-state index >= 15 is 0 Å². The molecule has 2 aromatic rings. The van der Waals surface area contributed by atoms with Crippen molar-refractivity contribution >= 4 is 34.8 Å². The number of halogens is 2. The summed E-state index contributed by atoms with van der Waals surface area (Å²) in [5.74, 6) is 0.203. The number of rotatable bonds is 4. The summed E-state index contributed by atoms with van der Waals surface area (Å²) in [7, 11) is 0. The van der Waals surface area contributed by atoms with Gasteiger partial charge in [0.05, 0.1) is 10.0 Å². The molecule has 1 aliphatic heterocycles. The first-order chi connectivity index (χ1) is 11.6.